The first-order valence-corrected chi connectivity index (χ1v) is 3.12. The predicted molar refractivity (Wildman–Crippen MR) is 38.2 cm³/mol. The SMILES string of the molecule is C[N-]CCC(C)(C)C. The van der Waals surface area contributed by atoms with Gasteiger partial charge in [0.25, 0.3) is 0 Å². The Morgan fingerprint density at radius 2 is 1.75 bits per heavy atom. The van der Waals surface area contributed by atoms with Gasteiger partial charge in [0, 0.05) is 0 Å². The molecule has 0 aromatic carbocycles. The van der Waals surface area contributed by atoms with Crippen molar-refractivity contribution in [2.75, 3.05) is 13.6 Å². The van der Waals surface area contributed by atoms with Gasteiger partial charge in [-0.05, 0) is 5.41 Å². The molecule has 0 aliphatic carbocycles. The minimum absolute atomic E-state index is 0.458. The highest BCUT2D eigenvalue weighted by Crippen LogP contribution is 2.18. The molecule has 1 heteroatoms. The van der Waals surface area contributed by atoms with Crippen molar-refractivity contribution in [2.45, 2.75) is 27.2 Å². The van der Waals surface area contributed by atoms with Crippen LogP contribution in [0.25, 0.3) is 5.32 Å². The molecule has 0 spiro atoms. The molecule has 50 valence electrons. The lowest BCUT2D eigenvalue weighted by Gasteiger charge is -2.22. The van der Waals surface area contributed by atoms with Gasteiger partial charge < -0.3 is 5.32 Å². The van der Waals surface area contributed by atoms with Gasteiger partial charge in [0.15, 0.2) is 0 Å². The lowest BCUT2D eigenvalue weighted by molar-refractivity contribution is 0.392. The van der Waals surface area contributed by atoms with Crippen molar-refractivity contribution in [1.82, 2.24) is 0 Å². The van der Waals surface area contributed by atoms with Gasteiger partial charge in [-0.25, -0.2) is 0 Å². The maximum absolute atomic E-state index is 4.02. The number of hydrogen-bond donors (Lipinski definition) is 0. The van der Waals surface area contributed by atoms with Crippen molar-refractivity contribution in [3.8, 4) is 0 Å². The van der Waals surface area contributed by atoms with Gasteiger partial charge in [0.05, 0.1) is 0 Å². The van der Waals surface area contributed by atoms with Gasteiger partial charge >= 0.3 is 0 Å². The molecule has 0 aromatic rings. The highest BCUT2D eigenvalue weighted by Gasteiger charge is 2.04. The smallest absolute Gasteiger partial charge is 0.0399 e. The molecule has 0 unspecified atom stereocenters. The van der Waals surface area contributed by atoms with Crippen molar-refractivity contribution in [1.29, 1.82) is 0 Å². The van der Waals surface area contributed by atoms with E-state index in [0.717, 1.165) is 6.54 Å². The second-order valence-electron chi connectivity index (χ2n) is 3.35. The molecule has 0 atom stereocenters. The monoisotopic (exact) mass is 114 g/mol. The lowest BCUT2D eigenvalue weighted by Crippen LogP contribution is -2.06. The quantitative estimate of drug-likeness (QED) is 0.523. The second kappa shape index (κ2) is 3.08. The fraction of sp³-hybridized carbons (Fsp3) is 1.00. The molecular weight excluding hydrogens is 98.1 g/mol. The van der Waals surface area contributed by atoms with Gasteiger partial charge in [-0.15, -0.1) is 6.54 Å². The maximum Gasteiger partial charge on any atom is -0.0399 e. The molecule has 0 heterocycles. The van der Waals surface area contributed by atoms with Gasteiger partial charge in [-0.2, -0.15) is 7.05 Å². The summed E-state index contributed by atoms with van der Waals surface area (Å²) in [4.78, 5) is 0. The van der Waals surface area contributed by atoms with E-state index in [0.29, 0.717) is 5.41 Å². The highest BCUT2D eigenvalue weighted by atomic mass is 14.8. The van der Waals surface area contributed by atoms with E-state index >= 15 is 0 Å². The van der Waals surface area contributed by atoms with E-state index in [1.807, 2.05) is 7.05 Å². The average molecular weight is 114 g/mol. The van der Waals surface area contributed by atoms with E-state index in [4.69, 9.17) is 0 Å². The minimum atomic E-state index is 0.458. The number of nitrogens with zero attached hydrogens (tertiary/aromatic N) is 1. The van der Waals surface area contributed by atoms with E-state index in [-0.39, 0.29) is 0 Å². The van der Waals surface area contributed by atoms with E-state index in [2.05, 4.69) is 26.1 Å². The highest BCUT2D eigenvalue weighted by molar-refractivity contribution is 4.74. The summed E-state index contributed by atoms with van der Waals surface area (Å²) in [5.41, 5.74) is 0.458. The summed E-state index contributed by atoms with van der Waals surface area (Å²) in [7, 11) is 1.87. The number of hydrogen-bond acceptors (Lipinski definition) is 0. The summed E-state index contributed by atoms with van der Waals surface area (Å²) in [6, 6.07) is 0. The zero-order valence-corrected chi connectivity index (χ0v) is 6.36. The van der Waals surface area contributed by atoms with Crippen molar-refractivity contribution in [2.24, 2.45) is 5.41 Å². The summed E-state index contributed by atoms with van der Waals surface area (Å²) in [6.45, 7) is 7.71. The van der Waals surface area contributed by atoms with Crippen LogP contribution in [0.5, 0.6) is 0 Å². The first-order valence-electron chi connectivity index (χ1n) is 3.12. The molecule has 0 saturated carbocycles. The Morgan fingerprint density at radius 1 is 1.25 bits per heavy atom. The molecule has 0 fully saturated rings. The number of rotatable bonds is 2. The standard InChI is InChI=1S/C7H16N/c1-7(2,3)5-6-8-4/h5-6H2,1-4H3/q-1. The molecule has 0 saturated heterocycles. The van der Waals surface area contributed by atoms with E-state index in [9.17, 15) is 0 Å². The predicted octanol–water partition coefficient (Wildman–Crippen LogP) is 2.43. The Bertz CT molecular complexity index is 51.9. The minimum Gasteiger partial charge on any atom is -0.665 e. The van der Waals surface area contributed by atoms with Crippen LogP contribution in [0.15, 0.2) is 0 Å². The third kappa shape index (κ3) is 5.96. The Balaban J connectivity index is 3.11. The van der Waals surface area contributed by atoms with Crippen LogP contribution in [0, 0.1) is 5.41 Å². The van der Waals surface area contributed by atoms with Crippen LogP contribution >= 0.6 is 0 Å². The molecular formula is C7H16N-. The summed E-state index contributed by atoms with van der Waals surface area (Å²) in [5, 5.41) is 4.02. The zero-order chi connectivity index (χ0) is 6.62. The first kappa shape index (κ1) is 7.96. The zero-order valence-electron chi connectivity index (χ0n) is 6.36. The molecule has 0 amide bonds. The van der Waals surface area contributed by atoms with Crippen LogP contribution in [0.4, 0.5) is 0 Å². The van der Waals surface area contributed by atoms with Crippen LogP contribution < -0.4 is 0 Å². The van der Waals surface area contributed by atoms with Gasteiger partial charge in [0.1, 0.15) is 0 Å². The molecule has 0 aromatic heterocycles. The van der Waals surface area contributed by atoms with Crippen LogP contribution in [0.1, 0.15) is 27.2 Å². The molecule has 0 rings (SSSR count). The van der Waals surface area contributed by atoms with E-state index < -0.39 is 0 Å². The van der Waals surface area contributed by atoms with E-state index in [1.54, 1.807) is 0 Å². The molecule has 0 aliphatic heterocycles. The molecule has 1 nitrogen and oxygen atoms in total. The van der Waals surface area contributed by atoms with Crippen molar-refractivity contribution in [3.63, 3.8) is 0 Å². The van der Waals surface area contributed by atoms with Crippen LogP contribution in [-0.2, 0) is 0 Å². The van der Waals surface area contributed by atoms with Crippen molar-refractivity contribution < 1.29 is 0 Å². The molecule has 0 aliphatic rings. The van der Waals surface area contributed by atoms with Crippen molar-refractivity contribution in [3.05, 3.63) is 5.32 Å². The lowest BCUT2D eigenvalue weighted by atomic mass is 9.92. The van der Waals surface area contributed by atoms with Gasteiger partial charge in [0.2, 0.25) is 0 Å². The summed E-state index contributed by atoms with van der Waals surface area (Å²) >= 11 is 0. The average Bonchev–Trinajstić information content (AvgIpc) is 1.59. The summed E-state index contributed by atoms with van der Waals surface area (Å²) < 4.78 is 0. The molecule has 0 N–H and O–H groups in total. The third-order valence-electron chi connectivity index (χ3n) is 1.09. The summed E-state index contributed by atoms with van der Waals surface area (Å²) in [6.07, 6.45) is 1.20. The van der Waals surface area contributed by atoms with Crippen LogP contribution in [-0.4, -0.2) is 13.6 Å². The molecule has 0 bridgehead atoms. The van der Waals surface area contributed by atoms with Crippen LogP contribution in [0.3, 0.4) is 0 Å². The van der Waals surface area contributed by atoms with Crippen molar-refractivity contribution >= 4 is 0 Å². The first-order chi connectivity index (χ1) is 3.56. The topological polar surface area (TPSA) is 14.1 Å². The Morgan fingerprint density at radius 3 is 1.88 bits per heavy atom. The Labute approximate surface area is 52.5 Å². The third-order valence-corrected chi connectivity index (χ3v) is 1.09. The van der Waals surface area contributed by atoms with E-state index in [1.165, 1.54) is 6.42 Å². The second-order valence-corrected chi connectivity index (χ2v) is 3.35. The van der Waals surface area contributed by atoms with Gasteiger partial charge in [-0.1, -0.05) is 27.2 Å². The fourth-order valence-corrected chi connectivity index (χ4v) is 0.447. The molecule has 0 radical (unpaired) electrons. The Kier molecular flexibility index (Phi) is 3.06. The summed E-state index contributed by atoms with van der Waals surface area (Å²) in [5.74, 6) is 0. The largest absolute Gasteiger partial charge is 0.665 e. The maximum atomic E-state index is 4.02. The molecule has 8 heavy (non-hydrogen) atoms. The van der Waals surface area contributed by atoms with Gasteiger partial charge in [-0.3, -0.25) is 0 Å². The normalized spacial score (nSPS) is 12.0. The van der Waals surface area contributed by atoms with Crippen LogP contribution in [0.2, 0.25) is 0 Å². The Hall–Kier alpha value is -0.0400. The fourth-order valence-electron chi connectivity index (χ4n) is 0.447.